The molecule has 6 heteroatoms. The van der Waals surface area contributed by atoms with E-state index in [4.69, 9.17) is 15.0 Å². The highest BCUT2D eigenvalue weighted by atomic mass is 16.5. The van der Waals surface area contributed by atoms with Crippen molar-refractivity contribution in [2.24, 2.45) is 5.92 Å². The number of hydrogen-bond acceptors (Lipinski definition) is 6. The van der Waals surface area contributed by atoms with E-state index in [1.165, 1.54) is 0 Å². The molecule has 0 saturated heterocycles. The molecule has 0 saturated carbocycles. The van der Waals surface area contributed by atoms with E-state index in [0.29, 0.717) is 29.6 Å². The molecule has 0 fully saturated rings. The summed E-state index contributed by atoms with van der Waals surface area (Å²) in [6.07, 6.45) is 3.04. The number of hydrogen-bond donors (Lipinski definition) is 1. The number of pyridine rings is 1. The fraction of sp³-hybridized carbons (Fsp3) is 0.462. The summed E-state index contributed by atoms with van der Waals surface area (Å²) >= 11 is 0. The zero-order valence-electron chi connectivity index (χ0n) is 11.3. The summed E-state index contributed by atoms with van der Waals surface area (Å²) in [7, 11) is 0. The van der Waals surface area contributed by atoms with Gasteiger partial charge in [-0.2, -0.15) is 4.98 Å². The normalized spacial score (nSPS) is 12.8. The van der Waals surface area contributed by atoms with Gasteiger partial charge < -0.3 is 15.0 Å². The van der Waals surface area contributed by atoms with Crippen LogP contribution >= 0.6 is 0 Å². The summed E-state index contributed by atoms with van der Waals surface area (Å²) < 4.78 is 10.9. The molecule has 19 heavy (non-hydrogen) atoms. The third kappa shape index (κ3) is 3.08. The lowest BCUT2D eigenvalue weighted by Crippen LogP contribution is -2.12. The summed E-state index contributed by atoms with van der Waals surface area (Å²) in [5.41, 5.74) is 6.95. The molecule has 0 bridgehead atoms. The summed E-state index contributed by atoms with van der Waals surface area (Å²) in [6, 6.07) is 1.75. The minimum absolute atomic E-state index is 0.170. The summed E-state index contributed by atoms with van der Waals surface area (Å²) in [5.74, 6) is 1.22. The average Bonchev–Trinajstić information content (AvgIpc) is 2.84. The van der Waals surface area contributed by atoms with Gasteiger partial charge >= 0.3 is 0 Å². The topological polar surface area (TPSA) is 87.1 Å². The standard InChI is InChI=1S/C13H18N4O2/c1-4-18-11(8(2)3)12-16-13(19-17-12)9-5-10(14)7-15-6-9/h5-8,11H,4,14H2,1-3H3. The molecular weight excluding hydrogens is 244 g/mol. The molecule has 6 nitrogen and oxygen atoms in total. The molecule has 1 unspecified atom stereocenters. The predicted octanol–water partition coefficient (Wildman–Crippen LogP) is 2.45. The van der Waals surface area contributed by atoms with Gasteiger partial charge in [0.1, 0.15) is 6.10 Å². The number of nitrogens with two attached hydrogens (primary N) is 1. The third-order valence-corrected chi connectivity index (χ3v) is 2.65. The molecule has 0 radical (unpaired) electrons. The fourth-order valence-corrected chi connectivity index (χ4v) is 1.79. The molecule has 2 aromatic heterocycles. The molecule has 0 aliphatic heterocycles. The van der Waals surface area contributed by atoms with Gasteiger partial charge in [-0.25, -0.2) is 0 Å². The maximum atomic E-state index is 5.68. The van der Waals surface area contributed by atoms with E-state index < -0.39 is 0 Å². The van der Waals surface area contributed by atoms with Crippen molar-refractivity contribution in [1.29, 1.82) is 0 Å². The van der Waals surface area contributed by atoms with Gasteiger partial charge in [-0.05, 0) is 18.9 Å². The Morgan fingerprint density at radius 3 is 2.79 bits per heavy atom. The number of nitrogen functional groups attached to an aromatic ring is 1. The van der Waals surface area contributed by atoms with Gasteiger partial charge in [0.15, 0.2) is 0 Å². The molecule has 2 rings (SSSR count). The van der Waals surface area contributed by atoms with Crippen molar-refractivity contribution in [2.75, 3.05) is 12.3 Å². The lowest BCUT2D eigenvalue weighted by molar-refractivity contribution is 0.0217. The van der Waals surface area contributed by atoms with Crippen LogP contribution in [-0.2, 0) is 4.74 Å². The Balaban J connectivity index is 2.27. The maximum Gasteiger partial charge on any atom is 0.259 e. The van der Waals surface area contributed by atoms with E-state index in [1.807, 2.05) is 6.92 Å². The Morgan fingerprint density at radius 1 is 1.37 bits per heavy atom. The van der Waals surface area contributed by atoms with Crippen LogP contribution in [0, 0.1) is 5.92 Å². The largest absolute Gasteiger partial charge is 0.397 e. The van der Waals surface area contributed by atoms with Crippen molar-refractivity contribution in [3.05, 3.63) is 24.3 Å². The van der Waals surface area contributed by atoms with Crippen LogP contribution in [0.25, 0.3) is 11.5 Å². The predicted molar refractivity (Wildman–Crippen MR) is 71.1 cm³/mol. The van der Waals surface area contributed by atoms with Gasteiger partial charge in [0.05, 0.1) is 11.3 Å². The van der Waals surface area contributed by atoms with Gasteiger partial charge in [-0.3, -0.25) is 4.98 Å². The van der Waals surface area contributed by atoms with Crippen LogP contribution in [0.4, 0.5) is 5.69 Å². The molecule has 2 aromatic rings. The number of aromatic nitrogens is 3. The van der Waals surface area contributed by atoms with Crippen LogP contribution in [0.1, 0.15) is 32.7 Å². The minimum atomic E-state index is -0.170. The first-order chi connectivity index (χ1) is 9.11. The third-order valence-electron chi connectivity index (χ3n) is 2.65. The number of ether oxygens (including phenoxy) is 1. The quantitative estimate of drug-likeness (QED) is 0.890. The van der Waals surface area contributed by atoms with Crippen molar-refractivity contribution >= 4 is 5.69 Å². The van der Waals surface area contributed by atoms with Crippen LogP contribution in [0.15, 0.2) is 23.0 Å². The van der Waals surface area contributed by atoms with E-state index >= 15 is 0 Å². The highest BCUT2D eigenvalue weighted by Crippen LogP contribution is 2.26. The Kier molecular flexibility index (Phi) is 4.11. The minimum Gasteiger partial charge on any atom is -0.397 e. The Morgan fingerprint density at radius 2 is 2.16 bits per heavy atom. The molecule has 2 N–H and O–H groups in total. The van der Waals surface area contributed by atoms with E-state index in [2.05, 4.69) is 29.0 Å². The molecule has 1 atom stereocenters. The molecular formula is C13H18N4O2. The highest BCUT2D eigenvalue weighted by Gasteiger charge is 2.22. The SMILES string of the molecule is CCOC(c1noc(-c2cncc(N)c2)n1)C(C)C. The second-order valence-electron chi connectivity index (χ2n) is 4.58. The van der Waals surface area contributed by atoms with E-state index in [0.717, 1.165) is 0 Å². The Bertz CT molecular complexity index is 539. The molecule has 0 spiro atoms. The van der Waals surface area contributed by atoms with E-state index in [-0.39, 0.29) is 12.0 Å². The molecule has 102 valence electrons. The van der Waals surface area contributed by atoms with Gasteiger partial charge in [0.2, 0.25) is 5.82 Å². The fourth-order valence-electron chi connectivity index (χ4n) is 1.79. The van der Waals surface area contributed by atoms with Crippen molar-refractivity contribution in [2.45, 2.75) is 26.9 Å². The molecule has 0 aromatic carbocycles. The molecule has 0 amide bonds. The number of nitrogens with zero attached hydrogens (tertiary/aromatic N) is 3. The van der Waals surface area contributed by atoms with Gasteiger partial charge in [-0.1, -0.05) is 19.0 Å². The maximum absolute atomic E-state index is 5.68. The van der Waals surface area contributed by atoms with E-state index in [1.54, 1.807) is 18.5 Å². The first kappa shape index (κ1) is 13.5. The smallest absolute Gasteiger partial charge is 0.259 e. The van der Waals surface area contributed by atoms with Crippen molar-refractivity contribution in [3.8, 4) is 11.5 Å². The number of rotatable bonds is 5. The zero-order valence-corrected chi connectivity index (χ0v) is 11.3. The summed E-state index contributed by atoms with van der Waals surface area (Å²) in [4.78, 5) is 8.37. The van der Waals surface area contributed by atoms with Crippen molar-refractivity contribution in [1.82, 2.24) is 15.1 Å². The summed E-state index contributed by atoms with van der Waals surface area (Å²) in [5, 5.41) is 3.98. The summed E-state index contributed by atoms with van der Waals surface area (Å²) in [6.45, 7) is 6.65. The van der Waals surface area contributed by atoms with Gasteiger partial charge in [0.25, 0.3) is 5.89 Å². The second-order valence-corrected chi connectivity index (χ2v) is 4.58. The first-order valence-corrected chi connectivity index (χ1v) is 6.28. The molecule has 0 aliphatic carbocycles. The molecule has 0 aliphatic rings. The lowest BCUT2D eigenvalue weighted by atomic mass is 10.1. The molecule has 2 heterocycles. The van der Waals surface area contributed by atoms with Crippen LogP contribution in [0.3, 0.4) is 0 Å². The second kappa shape index (κ2) is 5.79. The number of anilines is 1. The van der Waals surface area contributed by atoms with Gasteiger partial charge in [-0.15, -0.1) is 0 Å². The zero-order chi connectivity index (χ0) is 13.8. The van der Waals surface area contributed by atoms with E-state index in [9.17, 15) is 0 Å². The monoisotopic (exact) mass is 262 g/mol. The van der Waals surface area contributed by atoms with Crippen LogP contribution in [-0.4, -0.2) is 21.7 Å². The van der Waals surface area contributed by atoms with Crippen molar-refractivity contribution in [3.63, 3.8) is 0 Å². The van der Waals surface area contributed by atoms with Crippen LogP contribution < -0.4 is 5.73 Å². The highest BCUT2D eigenvalue weighted by molar-refractivity contribution is 5.57. The van der Waals surface area contributed by atoms with Crippen LogP contribution in [0.2, 0.25) is 0 Å². The Hall–Kier alpha value is -1.95. The van der Waals surface area contributed by atoms with Gasteiger partial charge in [0, 0.05) is 19.0 Å². The Labute approximate surface area is 112 Å². The first-order valence-electron chi connectivity index (χ1n) is 6.28. The average molecular weight is 262 g/mol. The van der Waals surface area contributed by atoms with Crippen molar-refractivity contribution < 1.29 is 9.26 Å². The lowest BCUT2D eigenvalue weighted by Gasteiger charge is -2.16. The van der Waals surface area contributed by atoms with Crippen LogP contribution in [0.5, 0.6) is 0 Å².